The Hall–Kier alpha value is -2.28. The largest absolute Gasteiger partial charge is 0.497 e. The van der Waals surface area contributed by atoms with Gasteiger partial charge in [0, 0.05) is 0 Å². The van der Waals surface area contributed by atoms with Crippen molar-refractivity contribution in [3.8, 4) is 17.6 Å². The van der Waals surface area contributed by atoms with Gasteiger partial charge in [-0.25, -0.2) is 0 Å². The molecular formula is C13H11NO3. The Balaban J connectivity index is 2.46. The van der Waals surface area contributed by atoms with Crippen molar-refractivity contribution in [3.63, 3.8) is 0 Å². The lowest BCUT2D eigenvalue weighted by molar-refractivity contribution is -0.114. The number of nitrogens with zero attached hydrogens (tertiary/aromatic N) is 1. The normalized spacial score (nSPS) is 13.2. The number of fused-ring (bicyclic) bond motifs is 1. The van der Waals surface area contributed by atoms with Gasteiger partial charge in [0.25, 0.3) is 11.7 Å². The van der Waals surface area contributed by atoms with Crippen LogP contribution < -0.4 is 9.64 Å². The summed E-state index contributed by atoms with van der Waals surface area (Å²) in [6, 6.07) is 5.00. The van der Waals surface area contributed by atoms with Gasteiger partial charge in [0.05, 0.1) is 24.9 Å². The van der Waals surface area contributed by atoms with Crippen molar-refractivity contribution in [2.45, 2.75) is 6.92 Å². The summed E-state index contributed by atoms with van der Waals surface area (Å²) in [7, 11) is 1.52. The van der Waals surface area contributed by atoms with Crippen molar-refractivity contribution in [3.05, 3.63) is 23.8 Å². The molecule has 1 aliphatic heterocycles. The molecule has 1 aromatic carbocycles. The highest BCUT2D eigenvalue weighted by Gasteiger charge is 2.35. The smallest absolute Gasteiger partial charge is 0.300 e. The van der Waals surface area contributed by atoms with E-state index < -0.39 is 11.7 Å². The molecule has 1 amide bonds. The Labute approximate surface area is 99.2 Å². The maximum Gasteiger partial charge on any atom is 0.300 e. The first-order valence-corrected chi connectivity index (χ1v) is 5.13. The number of amides is 1. The van der Waals surface area contributed by atoms with E-state index >= 15 is 0 Å². The first-order valence-electron chi connectivity index (χ1n) is 5.13. The number of rotatable bonds is 2. The molecular weight excluding hydrogens is 218 g/mol. The number of carbonyl (C=O) groups is 2. The standard InChI is InChI=1S/C13H11NO3/c1-3-4-7-14-11-6-5-9(17-2)8-10(11)12(15)13(14)16/h5-6,8H,7H2,1-2H3. The molecule has 2 rings (SSSR count). The second kappa shape index (κ2) is 4.30. The minimum Gasteiger partial charge on any atom is -0.497 e. The van der Waals surface area contributed by atoms with Crippen molar-refractivity contribution >= 4 is 17.4 Å². The molecule has 0 radical (unpaired) electrons. The second-order valence-corrected chi connectivity index (χ2v) is 3.53. The molecule has 0 saturated carbocycles. The van der Waals surface area contributed by atoms with Crippen molar-refractivity contribution < 1.29 is 14.3 Å². The third-order valence-corrected chi connectivity index (χ3v) is 2.59. The molecule has 0 unspecified atom stereocenters. The van der Waals surface area contributed by atoms with Crippen LogP contribution in [0.25, 0.3) is 0 Å². The van der Waals surface area contributed by atoms with Crippen molar-refractivity contribution in [2.75, 3.05) is 18.6 Å². The number of Topliss-reactive ketones (excluding diaryl/α,β-unsaturated/α-hetero) is 1. The zero-order valence-electron chi connectivity index (χ0n) is 9.61. The van der Waals surface area contributed by atoms with Crippen LogP contribution in [0, 0.1) is 11.8 Å². The van der Waals surface area contributed by atoms with Gasteiger partial charge in [0.15, 0.2) is 0 Å². The maximum atomic E-state index is 11.7. The third kappa shape index (κ3) is 1.76. The fourth-order valence-corrected chi connectivity index (χ4v) is 1.72. The van der Waals surface area contributed by atoms with Gasteiger partial charge < -0.3 is 4.74 Å². The van der Waals surface area contributed by atoms with E-state index in [2.05, 4.69) is 11.8 Å². The molecule has 0 aromatic heterocycles. The molecule has 1 aliphatic rings. The zero-order valence-corrected chi connectivity index (χ0v) is 9.61. The molecule has 0 bridgehead atoms. The fraction of sp³-hybridized carbons (Fsp3) is 0.231. The fourth-order valence-electron chi connectivity index (χ4n) is 1.72. The Kier molecular flexibility index (Phi) is 2.84. The van der Waals surface area contributed by atoms with Crippen LogP contribution in [0.5, 0.6) is 5.75 Å². The van der Waals surface area contributed by atoms with Crippen molar-refractivity contribution in [1.82, 2.24) is 0 Å². The lowest BCUT2D eigenvalue weighted by atomic mass is 10.1. The Morgan fingerprint density at radius 1 is 1.35 bits per heavy atom. The SMILES string of the molecule is CC#CCN1C(=O)C(=O)c2cc(OC)ccc21. The van der Waals surface area contributed by atoms with Crippen LogP contribution in [-0.2, 0) is 4.79 Å². The highest BCUT2D eigenvalue weighted by Crippen LogP contribution is 2.31. The van der Waals surface area contributed by atoms with Gasteiger partial charge in [-0.15, -0.1) is 5.92 Å². The van der Waals surface area contributed by atoms with Gasteiger partial charge in [0.1, 0.15) is 5.75 Å². The number of hydrogen-bond acceptors (Lipinski definition) is 3. The summed E-state index contributed by atoms with van der Waals surface area (Å²) in [5, 5.41) is 0. The molecule has 0 saturated heterocycles. The van der Waals surface area contributed by atoms with Crippen LogP contribution >= 0.6 is 0 Å². The van der Waals surface area contributed by atoms with Gasteiger partial charge in [-0.3, -0.25) is 14.5 Å². The summed E-state index contributed by atoms with van der Waals surface area (Å²) in [6.45, 7) is 1.93. The number of benzene rings is 1. The first kappa shape index (κ1) is 11.2. The summed E-state index contributed by atoms with van der Waals surface area (Å²) in [5.41, 5.74) is 0.982. The molecule has 0 atom stereocenters. The Bertz CT molecular complexity index is 552. The highest BCUT2D eigenvalue weighted by molar-refractivity contribution is 6.52. The van der Waals surface area contributed by atoms with Gasteiger partial charge in [-0.1, -0.05) is 5.92 Å². The van der Waals surface area contributed by atoms with Crippen molar-refractivity contribution in [2.24, 2.45) is 0 Å². The van der Waals surface area contributed by atoms with Crippen molar-refractivity contribution in [1.29, 1.82) is 0 Å². The molecule has 1 aromatic rings. The molecule has 0 fully saturated rings. The van der Waals surface area contributed by atoms with Crippen LogP contribution in [0.1, 0.15) is 17.3 Å². The molecule has 4 nitrogen and oxygen atoms in total. The van der Waals surface area contributed by atoms with E-state index in [0.29, 0.717) is 17.0 Å². The molecule has 4 heteroatoms. The number of ether oxygens (including phenoxy) is 1. The monoisotopic (exact) mass is 229 g/mol. The summed E-state index contributed by atoms with van der Waals surface area (Å²) >= 11 is 0. The van der Waals surface area contributed by atoms with E-state index in [1.807, 2.05) is 0 Å². The number of methoxy groups -OCH3 is 1. The summed E-state index contributed by atoms with van der Waals surface area (Å²) in [5.74, 6) is 5.01. The third-order valence-electron chi connectivity index (χ3n) is 2.59. The van der Waals surface area contributed by atoms with Crippen LogP contribution in [0.4, 0.5) is 5.69 Å². The number of anilines is 1. The van der Waals surface area contributed by atoms with E-state index in [1.165, 1.54) is 12.0 Å². The quantitative estimate of drug-likeness (QED) is 0.566. The Morgan fingerprint density at radius 2 is 2.12 bits per heavy atom. The minimum atomic E-state index is -0.531. The van der Waals surface area contributed by atoms with Crippen LogP contribution in [0.15, 0.2) is 18.2 Å². The second-order valence-electron chi connectivity index (χ2n) is 3.53. The summed E-state index contributed by atoms with van der Waals surface area (Å²) in [6.07, 6.45) is 0. The Morgan fingerprint density at radius 3 is 2.76 bits per heavy atom. The predicted molar refractivity (Wildman–Crippen MR) is 63.1 cm³/mol. The van der Waals surface area contributed by atoms with Crippen LogP contribution in [0.3, 0.4) is 0 Å². The average Bonchev–Trinajstić information content (AvgIpc) is 2.60. The molecule has 86 valence electrons. The maximum absolute atomic E-state index is 11.7. The highest BCUT2D eigenvalue weighted by atomic mass is 16.5. The lowest BCUT2D eigenvalue weighted by Crippen LogP contribution is -2.29. The van der Waals surface area contributed by atoms with Crippen LogP contribution in [-0.4, -0.2) is 25.3 Å². The molecule has 0 N–H and O–H groups in total. The lowest BCUT2D eigenvalue weighted by Gasteiger charge is -2.12. The van der Waals surface area contributed by atoms with Gasteiger partial charge in [0.2, 0.25) is 0 Å². The average molecular weight is 229 g/mol. The van der Waals surface area contributed by atoms with Gasteiger partial charge in [-0.2, -0.15) is 0 Å². The van der Waals surface area contributed by atoms with Gasteiger partial charge >= 0.3 is 0 Å². The van der Waals surface area contributed by atoms with E-state index in [1.54, 1.807) is 25.1 Å². The predicted octanol–water partition coefficient (Wildman–Crippen LogP) is 1.25. The van der Waals surface area contributed by atoms with E-state index in [9.17, 15) is 9.59 Å². The van der Waals surface area contributed by atoms with E-state index in [4.69, 9.17) is 4.74 Å². The first-order chi connectivity index (χ1) is 8.19. The van der Waals surface area contributed by atoms with E-state index in [-0.39, 0.29) is 6.54 Å². The number of hydrogen-bond donors (Lipinski definition) is 0. The summed E-state index contributed by atoms with van der Waals surface area (Å²) in [4.78, 5) is 24.9. The van der Waals surface area contributed by atoms with Gasteiger partial charge in [-0.05, 0) is 25.1 Å². The zero-order chi connectivity index (χ0) is 12.4. The molecule has 0 spiro atoms. The number of ketones is 1. The molecule has 1 heterocycles. The minimum absolute atomic E-state index is 0.237. The molecule has 17 heavy (non-hydrogen) atoms. The molecule has 0 aliphatic carbocycles. The van der Waals surface area contributed by atoms with Crippen LogP contribution in [0.2, 0.25) is 0 Å². The number of carbonyl (C=O) groups excluding carboxylic acids is 2. The summed E-state index contributed by atoms with van der Waals surface area (Å²) < 4.78 is 5.03. The topological polar surface area (TPSA) is 46.6 Å². The van der Waals surface area contributed by atoms with E-state index in [0.717, 1.165) is 0 Å².